The van der Waals surface area contributed by atoms with Crippen LogP contribution in [0.5, 0.6) is 5.75 Å². The summed E-state index contributed by atoms with van der Waals surface area (Å²) >= 11 is 0. The SMILES string of the molecule is COc1c(C)cc(C(N)Cc2ccccc2C)cc1C. The molecular formula is C18H23NO. The summed E-state index contributed by atoms with van der Waals surface area (Å²) in [6.07, 6.45) is 0.859. The van der Waals surface area contributed by atoms with Crippen molar-refractivity contribution in [3.05, 3.63) is 64.2 Å². The zero-order valence-corrected chi connectivity index (χ0v) is 12.7. The van der Waals surface area contributed by atoms with E-state index in [0.29, 0.717) is 0 Å². The number of benzene rings is 2. The van der Waals surface area contributed by atoms with E-state index >= 15 is 0 Å². The van der Waals surface area contributed by atoms with Gasteiger partial charge in [0.15, 0.2) is 0 Å². The van der Waals surface area contributed by atoms with E-state index in [1.165, 1.54) is 16.7 Å². The third kappa shape index (κ3) is 3.02. The second-order valence-electron chi connectivity index (χ2n) is 5.43. The van der Waals surface area contributed by atoms with Crippen molar-refractivity contribution in [1.29, 1.82) is 0 Å². The number of methoxy groups -OCH3 is 1. The first-order chi connectivity index (χ1) is 9.52. The minimum absolute atomic E-state index is 0.0133. The van der Waals surface area contributed by atoms with E-state index in [4.69, 9.17) is 10.5 Å². The molecule has 0 heterocycles. The van der Waals surface area contributed by atoms with Gasteiger partial charge in [0.2, 0.25) is 0 Å². The van der Waals surface area contributed by atoms with E-state index in [1.807, 2.05) is 0 Å². The Kier molecular flexibility index (Phi) is 4.46. The highest BCUT2D eigenvalue weighted by atomic mass is 16.5. The molecule has 2 heteroatoms. The van der Waals surface area contributed by atoms with Crippen LogP contribution in [0.1, 0.15) is 33.9 Å². The van der Waals surface area contributed by atoms with Crippen LogP contribution in [0.15, 0.2) is 36.4 Å². The summed E-state index contributed by atoms with van der Waals surface area (Å²) in [7, 11) is 1.71. The molecule has 2 aromatic rings. The summed E-state index contributed by atoms with van der Waals surface area (Å²) < 4.78 is 5.41. The number of rotatable bonds is 4. The first-order valence-corrected chi connectivity index (χ1v) is 6.98. The molecule has 2 aromatic carbocycles. The fourth-order valence-electron chi connectivity index (χ4n) is 2.71. The average Bonchev–Trinajstić information content (AvgIpc) is 2.41. The maximum atomic E-state index is 6.38. The monoisotopic (exact) mass is 269 g/mol. The third-order valence-electron chi connectivity index (χ3n) is 3.82. The Hall–Kier alpha value is -1.80. The van der Waals surface area contributed by atoms with Crippen molar-refractivity contribution in [2.45, 2.75) is 33.2 Å². The standard InChI is InChI=1S/C18H23NO/c1-12-7-5-6-8-15(12)11-17(19)16-9-13(2)18(20-4)14(3)10-16/h5-10,17H,11,19H2,1-4H3. The van der Waals surface area contributed by atoms with Crippen LogP contribution in [0.2, 0.25) is 0 Å². The molecule has 20 heavy (non-hydrogen) atoms. The quantitative estimate of drug-likeness (QED) is 0.914. The molecule has 0 fully saturated rings. The fourth-order valence-corrected chi connectivity index (χ4v) is 2.71. The number of ether oxygens (including phenoxy) is 1. The highest BCUT2D eigenvalue weighted by molar-refractivity contribution is 5.44. The maximum absolute atomic E-state index is 6.38. The number of aryl methyl sites for hydroxylation is 3. The van der Waals surface area contributed by atoms with E-state index in [0.717, 1.165) is 23.3 Å². The average molecular weight is 269 g/mol. The lowest BCUT2D eigenvalue weighted by Crippen LogP contribution is -2.14. The van der Waals surface area contributed by atoms with Gasteiger partial charge in [-0.05, 0) is 55.0 Å². The molecule has 2 rings (SSSR count). The first-order valence-electron chi connectivity index (χ1n) is 6.98. The van der Waals surface area contributed by atoms with Crippen molar-refractivity contribution >= 4 is 0 Å². The minimum atomic E-state index is 0.0133. The van der Waals surface area contributed by atoms with Crippen molar-refractivity contribution < 1.29 is 4.74 Å². The van der Waals surface area contributed by atoms with Crippen LogP contribution < -0.4 is 10.5 Å². The lowest BCUT2D eigenvalue weighted by Gasteiger charge is -2.17. The Bertz CT molecular complexity index is 581. The highest BCUT2D eigenvalue weighted by Crippen LogP contribution is 2.28. The molecule has 1 unspecified atom stereocenters. The summed E-state index contributed by atoms with van der Waals surface area (Å²) in [6.45, 7) is 6.26. The predicted molar refractivity (Wildman–Crippen MR) is 84.3 cm³/mol. The highest BCUT2D eigenvalue weighted by Gasteiger charge is 2.12. The van der Waals surface area contributed by atoms with Crippen LogP contribution in [-0.4, -0.2) is 7.11 Å². The normalized spacial score (nSPS) is 12.2. The third-order valence-corrected chi connectivity index (χ3v) is 3.82. The zero-order valence-electron chi connectivity index (χ0n) is 12.7. The molecule has 0 aliphatic heterocycles. The molecule has 106 valence electrons. The molecule has 0 saturated heterocycles. The smallest absolute Gasteiger partial charge is 0.124 e. The molecule has 0 spiro atoms. The fraction of sp³-hybridized carbons (Fsp3) is 0.333. The van der Waals surface area contributed by atoms with Gasteiger partial charge in [-0.25, -0.2) is 0 Å². The Morgan fingerprint density at radius 3 is 2.15 bits per heavy atom. The zero-order chi connectivity index (χ0) is 14.7. The molecule has 0 aromatic heterocycles. The molecule has 0 aliphatic carbocycles. The molecule has 2 nitrogen and oxygen atoms in total. The first kappa shape index (κ1) is 14.6. The molecule has 0 saturated carbocycles. The maximum Gasteiger partial charge on any atom is 0.124 e. The van der Waals surface area contributed by atoms with Gasteiger partial charge in [0.25, 0.3) is 0 Å². The van der Waals surface area contributed by atoms with E-state index < -0.39 is 0 Å². The van der Waals surface area contributed by atoms with Crippen molar-refractivity contribution in [2.75, 3.05) is 7.11 Å². The van der Waals surface area contributed by atoms with Gasteiger partial charge in [-0.15, -0.1) is 0 Å². The van der Waals surface area contributed by atoms with Crippen molar-refractivity contribution in [2.24, 2.45) is 5.73 Å². The lowest BCUT2D eigenvalue weighted by molar-refractivity contribution is 0.408. The van der Waals surface area contributed by atoms with Gasteiger partial charge in [-0.2, -0.15) is 0 Å². The van der Waals surface area contributed by atoms with Crippen LogP contribution in [0, 0.1) is 20.8 Å². The van der Waals surface area contributed by atoms with E-state index in [9.17, 15) is 0 Å². The van der Waals surface area contributed by atoms with Gasteiger partial charge in [-0.3, -0.25) is 0 Å². The Balaban J connectivity index is 2.26. The Morgan fingerprint density at radius 2 is 1.60 bits per heavy atom. The van der Waals surface area contributed by atoms with Gasteiger partial charge in [0.1, 0.15) is 5.75 Å². The molecule has 2 N–H and O–H groups in total. The van der Waals surface area contributed by atoms with Crippen molar-refractivity contribution in [3.63, 3.8) is 0 Å². The van der Waals surface area contributed by atoms with Gasteiger partial charge in [-0.1, -0.05) is 36.4 Å². The van der Waals surface area contributed by atoms with Crippen LogP contribution in [-0.2, 0) is 6.42 Å². The Morgan fingerprint density at radius 1 is 1.00 bits per heavy atom. The van der Waals surface area contributed by atoms with E-state index in [1.54, 1.807) is 7.11 Å². The molecule has 0 aliphatic rings. The van der Waals surface area contributed by atoms with Crippen LogP contribution in [0.3, 0.4) is 0 Å². The lowest BCUT2D eigenvalue weighted by atomic mass is 9.94. The topological polar surface area (TPSA) is 35.2 Å². The van der Waals surface area contributed by atoms with Gasteiger partial charge < -0.3 is 10.5 Å². The minimum Gasteiger partial charge on any atom is -0.496 e. The summed E-state index contributed by atoms with van der Waals surface area (Å²) in [6, 6.07) is 12.7. The number of hydrogen-bond acceptors (Lipinski definition) is 2. The Labute approximate surface area is 121 Å². The predicted octanol–water partition coefficient (Wildman–Crippen LogP) is 3.86. The second kappa shape index (κ2) is 6.10. The molecule has 0 amide bonds. The van der Waals surface area contributed by atoms with E-state index in [-0.39, 0.29) is 6.04 Å². The summed E-state index contributed by atoms with van der Waals surface area (Å²) in [5.74, 6) is 0.955. The van der Waals surface area contributed by atoms with Crippen LogP contribution in [0.25, 0.3) is 0 Å². The number of nitrogens with two attached hydrogens (primary N) is 1. The van der Waals surface area contributed by atoms with Gasteiger partial charge in [0.05, 0.1) is 7.11 Å². The van der Waals surface area contributed by atoms with Crippen molar-refractivity contribution in [1.82, 2.24) is 0 Å². The summed E-state index contributed by atoms with van der Waals surface area (Å²) in [4.78, 5) is 0. The summed E-state index contributed by atoms with van der Waals surface area (Å²) in [5.41, 5.74) is 12.4. The van der Waals surface area contributed by atoms with Crippen LogP contribution >= 0.6 is 0 Å². The number of hydrogen-bond donors (Lipinski definition) is 1. The molecule has 1 atom stereocenters. The largest absolute Gasteiger partial charge is 0.496 e. The molecule has 0 bridgehead atoms. The molecular weight excluding hydrogens is 246 g/mol. The van der Waals surface area contributed by atoms with Crippen LogP contribution in [0.4, 0.5) is 0 Å². The van der Waals surface area contributed by atoms with Crippen molar-refractivity contribution in [3.8, 4) is 5.75 Å². The summed E-state index contributed by atoms with van der Waals surface area (Å²) in [5, 5.41) is 0. The van der Waals surface area contributed by atoms with Gasteiger partial charge in [0, 0.05) is 6.04 Å². The van der Waals surface area contributed by atoms with Gasteiger partial charge >= 0.3 is 0 Å². The second-order valence-corrected chi connectivity index (χ2v) is 5.43. The molecule has 0 radical (unpaired) electrons. The van der Waals surface area contributed by atoms with E-state index in [2.05, 4.69) is 57.2 Å².